The second kappa shape index (κ2) is 4.46. The number of hydrogen-bond donors (Lipinski definition) is 1. The highest BCUT2D eigenvalue weighted by Crippen LogP contribution is 2.19. The maximum Gasteiger partial charge on any atom is 0.260 e. The summed E-state index contributed by atoms with van der Waals surface area (Å²) in [6.45, 7) is 5.51. The lowest BCUT2D eigenvalue weighted by molar-refractivity contribution is 0.453. The predicted octanol–water partition coefficient (Wildman–Crippen LogP) is 1.26. The molecule has 0 bridgehead atoms. The van der Waals surface area contributed by atoms with Gasteiger partial charge in [0.2, 0.25) is 0 Å². The Kier molecular flexibility index (Phi) is 3.81. The molecule has 1 aromatic heterocycles. The van der Waals surface area contributed by atoms with Gasteiger partial charge in [0, 0.05) is 23.6 Å². The Labute approximate surface area is 104 Å². The third-order valence-corrected chi connectivity index (χ3v) is 5.05. The van der Waals surface area contributed by atoms with E-state index in [1.54, 1.807) is 11.6 Å². The van der Waals surface area contributed by atoms with Crippen molar-refractivity contribution in [3.05, 3.63) is 12.5 Å². The topological polar surface area (TPSA) is 64.0 Å². The number of aryl methyl sites for hydroxylation is 1. The van der Waals surface area contributed by atoms with Gasteiger partial charge >= 0.3 is 0 Å². The van der Waals surface area contributed by atoms with Gasteiger partial charge in [-0.05, 0) is 13.8 Å². The van der Waals surface area contributed by atoms with Crippen LogP contribution in [0.5, 0.6) is 0 Å². The Hall–Kier alpha value is -0.400. The number of halogens is 1. The molecule has 7 heteroatoms. The SMILES string of the molecule is CC(Br)C(C)(C)NS(=O)(=O)c1cn(C)cn1. The van der Waals surface area contributed by atoms with Crippen molar-refractivity contribution in [1.29, 1.82) is 0 Å². The molecule has 0 saturated carbocycles. The molecule has 92 valence electrons. The number of alkyl halides is 1. The van der Waals surface area contributed by atoms with Gasteiger partial charge in [-0.15, -0.1) is 0 Å². The zero-order valence-electron chi connectivity index (χ0n) is 9.73. The molecule has 1 rings (SSSR count). The van der Waals surface area contributed by atoms with E-state index in [2.05, 4.69) is 25.6 Å². The van der Waals surface area contributed by atoms with E-state index in [1.165, 1.54) is 12.5 Å². The predicted molar refractivity (Wildman–Crippen MR) is 66.0 cm³/mol. The minimum absolute atomic E-state index is 0.0125. The van der Waals surface area contributed by atoms with Gasteiger partial charge in [-0.3, -0.25) is 0 Å². The van der Waals surface area contributed by atoms with Crippen LogP contribution in [0.3, 0.4) is 0 Å². The average molecular weight is 310 g/mol. The smallest absolute Gasteiger partial charge is 0.260 e. The van der Waals surface area contributed by atoms with E-state index < -0.39 is 15.6 Å². The minimum Gasteiger partial charge on any atom is -0.339 e. The third-order valence-electron chi connectivity index (χ3n) is 2.35. The fourth-order valence-corrected chi connectivity index (χ4v) is 2.74. The largest absolute Gasteiger partial charge is 0.339 e. The number of aromatic nitrogens is 2. The van der Waals surface area contributed by atoms with E-state index in [0.29, 0.717) is 0 Å². The lowest BCUT2D eigenvalue weighted by Gasteiger charge is -2.28. The van der Waals surface area contributed by atoms with E-state index in [9.17, 15) is 8.42 Å². The van der Waals surface area contributed by atoms with Crippen LogP contribution in [0.25, 0.3) is 0 Å². The normalized spacial score (nSPS) is 15.1. The summed E-state index contributed by atoms with van der Waals surface area (Å²) in [6.07, 6.45) is 2.93. The van der Waals surface area contributed by atoms with Gasteiger partial charge in [-0.25, -0.2) is 18.1 Å². The van der Waals surface area contributed by atoms with Crippen LogP contribution in [0.1, 0.15) is 20.8 Å². The van der Waals surface area contributed by atoms with Crippen LogP contribution >= 0.6 is 15.9 Å². The van der Waals surface area contributed by atoms with Crippen molar-refractivity contribution in [3.8, 4) is 0 Å². The molecule has 1 N–H and O–H groups in total. The summed E-state index contributed by atoms with van der Waals surface area (Å²) < 4.78 is 28.1. The van der Waals surface area contributed by atoms with Gasteiger partial charge in [-0.2, -0.15) is 0 Å². The van der Waals surface area contributed by atoms with Crippen molar-refractivity contribution in [1.82, 2.24) is 14.3 Å². The molecule has 0 aliphatic rings. The first-order valence-electron chi connectivity index (χ1n) is 4.81. The van der Waals surface area contributed by atoms with E-state index in [1.807, 2.05) is 20.8 Å². The van der Waals surface area contributed by atoms with Gasteiger partial charge in [0.1, 0.15) is 0 Å². The molecule has 1 unspecified atom stereocenters. The standard InChI is InChI=1S/C9H16BrN3O2S/c1-7(10)9(2,3)12-16(14,15)8-5-13(4)6-11-8/h5-7,12H,1-4H3. The minimum atomic E-state index is -3.55. The number of sulfonamides is 1. The Morgan fingerprint density at radius 2 is 2.12 bits per heavy atom. The highest BCUT2D eigenvalue weighted by molar-refractivity contribution is 9.09. The molecule has 0 amide bonds. The van der Waals surface area contributed by atoms with Gasteiger partial charge in [-0.1, -0.05) is 22.9 Å². The summed E-state index contributed by atoms with van der Waals surface area (Å²) in [6, 6.07) is 0. The van der Waals surface area contributed by atoms with E-state index in [0.717, 1.165) is 0 Å². The maximum absolute atomic E-state index is 12.0. The van der Waals surface area contributed by atoms with E-state index >= 15 is 0 Å². The number of nitrogens with zero attached hydrogens (tertiary/aromatic N) is 2. The molecule has 16 heavy (non-hydrogen) atoms. The molecule has 0 aliphatic heterocycles. The number of imidazole rings is 1. The monoisotopic (exact) mass is 309 g/mol. The van der Waals surface area contributed by atoms with Gasteiger partial charge in [0.15, 0.2) is 5.03 Å². The maximum atomic E-state index is 12.0. The Morgan fingerprint density at radius 3 is 2.50 bits per heavy atom. The zero-order valence-corrected chi connectivity index (χ0v) is 12.1. The molecule has 1 heterocycles. The third kappa shape index (κ3) is 3.05. The molecular formula is C9H16BrN3O2S. The van der Waals surface area contributed by atoms with Crippen molar-refractivity contribution in [3.63, 3.8) is 0 Å². The molecule has 0 aromatic carbocycles. The summed E-state index contributed by atoms with van der Waals surface area (Å²) in [7, 11) is -1.83. The number of rotatable bonds is 4. The fraction of sp³-hybridized carbons (Fsp3) is 0.667. The molecule has 0 saturated heterocycles. The first kappa shape index (κ1) is 13.7. The highest BCUT2D eigenvalue weighted by atomic mass is 79.9. The molecule has 5 nitrogen and oxygen atoms in total. The molecular weight excluding hydrogens is 294 g/mol. The van der Waals surface area contributed by atoms with Crippen molar-refractivity contribution in [2.24, 2.45) is 7.05 Å². The second-order valence-electron chi connectivity index (χ2n) is 4.32. The van der Waals surface area contributed by atoms with Crippen LogP contribution in [0.15, 0.2) is 17.6 Å². The van der Waals surface area contributed by atoms with E-state index in [4.69, 9.17) is 0 Å². The van der Waals surface area contributed by atoms with Gasteiger partial charge in [0.05, 0.1) is 6.33 Å². The van der Waals surface area contributed by atoms with Crippen LogP contribution in [-0.4, -0.2) is 28.3 Å². The van der Waals surface area contributed by atoms with Crippen molar-refractivity contribution < 1.29 is 8.42 Å². The molecule has 1 aromatic rings. The first-order chi connectivity index (χ1) is 7.15. The molecule has 1 atom stereocenters. The second-order valence-corrected chi connectivity index (χ2v) is 7.32. The average Bonchev–Trinajstić information content (AvgIpc) is 2.50. The number of nitrogens with one attached hydrogen (secondary N) is 1. The summed E-state index contributed by atoms with van der Waals surface area (Å²) in [5.41, 5.74) is -0.573. The fourth-order valence-electron chi connectivity index (χ4n) is 1.01. The lowest BCUT2D eigenvalue weighted by atomic mass is 10.0. The highest BCUT2D eigenvalue weighted by Gasteiger charge is 2.31. The van der Waals surface area contributed by atoms with E-state index in [-0.39, 0.29) is 9.85 Å². The number of hydrogen-bond acceptors (Lipinski definition) is 3. The van der Waals surface area contributed by atoms with Gasteiger partial charge in [0.25, 0.3) is 10.0 Å². The quantitative estimate of drug-likeness (QED) is 0.852. The summed E-state index contributed by atoms with van der Waals surface area (Å²) in [4.78, 5) is 3.84. The van der Waals surface area contributed by atoms with Crippen LogP contribution in [-0.2, 0) is 17.1 Å². The Bertz CT molecular complexity index is 465. The van der Waals surface area contributed by atoms with Crippen LogP contribution in [0.4, 0.5) is 0 Å². The van der Waals surface area contributed by atoms with Crippen LogP contribution in [0.2, 0.25) is 0 Å². The summed E-state index contributed by atoms with van der Waals surface area (Å²) in [5, 5.41) is 0.0382. The first-order valence-corrected chi connectivity index (χ1v) is 7.21. The summed E-state index contributed by atoms with van der Waals surface area (Å²) >= 11 is 3.37. The molecule has 0 fully saturated rings. The van der Waals surface area contributed by atoms with Crippen molar-refractivity contribution >= 4 is 26.0 Å². The van der Waals surface area contributed by atoms with Gasteiger partial charge < -0.3 is 4.57 Å². The van der Waals surface area contributed by atoms with Crippen LogP contribution in [0, 0.1) is 0 Å². The van der Waals surface area contributed by atoms with Crippen molar-refractivity contribution in [2.45, 2.75) is 36.2 Å². The zero-order chi connectivity index (χ0) is 12.6. The Balaban J connectivity index is 2.97. The molecule has 0 aliphatic carbocycles. The Morgan fingerprint density at radius 1 is 1.56 bits per heavy atom. The lowest BCUT2D eigenvalue weighted by Crippen LogP contribution is -2.48. The van der Waals surface area contributed by atoms with Crippen molar-refractivity contribution in [2.75, 3.05) is 0 Å². The molecule has 0 radical (unpaired) electrons. The summed E-state index contributed by atoms with van der Waals surface area (Å²) in [5.74, 6) is 0. The van der Waals surface area contributed by atoms with Crippen LogP contribution < -0.4 is 4.72 Å². The molecule has 0 spiro atoms.